The van der Waals surface area contributed by atoms with Crippen LogP contribution in [0.4, 0.5) is 0 Å². The van der Waals surface area contributed by atoms with Crippen molar-refractivity contribution < 1.29 is 4.74 Å². The Morgan fingerprint density at radius 2 is 2.28 bits per heavy atom. The number of rotatable bonds is 5. The van der Waals surface area contributed by atoms with E-state index in [4.69, 9.17) is 17.0 Å². The Hall–Kier alpha value is -1.40. The van der Waals surface area contributed by atoms with Crippen LogP contribution in [0.3, 0.4) is 0 Å². The van der Waals surface area contributed by atoms with E-state index in [1.165, 1.54) is 11.4 Å². The molecule has 1 aromatic rings. The van der Waals surface area contributed by atoms with Gasteiger partial charge in [0.05, 0.1) is 12.8 Å². The first kappa shape index (κ1) is 14.7. The molecule has 0 aliphatic carbocycles. The van der Waals surface area contributed by atoms with Gasteiger partial charge in [0.2, 0.25) is 0 Å². The fourth-order valence-electron chi connectivity index (χ4n) is 1.70. The topological polar surface area (TPSA) is 50.6 Å². The highest BCUT2D eigenvalue weighted by Gasteiger charge is 2.06. The van der Waals surface area contributed by atoms with E-state index in [2.05, 4.69) is 40.3 Å². The van der Waals surface area contributed by atoms with Gasteiger partial charge in [-0.2, -0.15) is 5.10 Å². The number of methoxy groups -OCH3 is 1. The van der Waals surface area contributed by atoms with Gasteiger partial charge in [0.15, 0.2) is 5.11 Å². The summed E-state index contributed by atoms with van der Waals surface area (Å²) in [7, 11) is 3.46. The van der Waals surface area contributed by atoms with E-state index in [0.29, 0.717) is 11.7 Å². The Kier molecular flexibility index (Phi) is 5.80. The predicted molar refractivity (Wildman–Crippen MR) is 78.2 cm³/mol. The second kappa shape index (κ2) is 7.13. The van der Waals surface area contributed by atoms with Crippen LogP contribution in [0.25, 0.3) is 0 Å². The Balaban J connectivity index is 2.75. The standard InChI is InChI=1S/C12H20N4OS/c1-9-7-11(8-14-15-12(18)13-3)10(2)16(9)5-6-17-4/h7-8H,5-6H2,1-4H3,(H2,13,15,18)/b14-8-. The number of aromatic nitrogens is 1. The summed E-state index contributed by atoms with van der Waals surface area (Å²) >= 11 is 4.93. The van der Waals surface area contributed by atoms with E-state index in [-0.39, 0.29) is 0 Å². The van der Waals surface area contributed by atoms with Crippen molar-refractivity contribution in [1.29, 1.82) is 0 Å². The maximum absolute atomic E-state index is 5.10. The molecule has 0 atom stereocenters. The van der Waals surface area contributed by atoms with Gasteiger partial charge in [-0.3, -0.25) is 5.43 Å². The van der Waals surface area contributed by atoms with Gasteiger partial charge in [0, 0.05) is 37.7 Å². The Bertz CT molecular complexity index is 440. The number of thiocarbonyl (C=S) groups is 1. The third-order valence-electron chi connectivity index (χ3n) is 2.73. The maximum Gasteiger partial charge on any atom is 0.186 e. The lowest BCUT2D eigenvalue weighted by Crippen LogP contribution is -2.28. The van der Waals surface area contributed by atoms with Crippen molar-refractivity contribution >= 4 is 23.5 Å². The number of hydrazone groups is 1. The summed E-state index contributed by atoms with van der Waals surface area (Å²) in [5.74, 6) is 0. The minimum atomic E-state index is 0.499. The molecule has 0 spiro atoms. The quantitative estimate of drug-likeness (QED) is 0.478. The zero-order valence-electron chi connectivity index (χ0n) is 11.3. The van der Waals surface area contributed by atoms with Gasteiger partial charge >= 0.3 is 0 Å². The summed E-state index contributed by atoms with van der Waals surface area (Å²) in [4.78, 5) is 0. The molecule has 0 saturated carbocycles. The molecule has 0 saturated heterocycles. The molecule has 5 nitrogen and oxygen atoms in total. The lowest BCUT2D eigenvalue weighted by atomic mass is 10.3. The van der Waals surface area contributed by atoms with Crippen LogP contribution in [-0.2, 0) is 11.3 Å². The first-order valence-corrected chi connectivity index (χ1v) is 6.17. The zero-order chi connectivity index (χ0) is 13.5. The number of hydrogen-bond acceptors (Lipinski definition) is 3. The van der Waals surface area contributed by atoms with E-state index in [1.54, 1.807) is 20.4 Å². The first-order chi connectivity index (χ1) is 8.60. The van der Waals surface area contributed by atoms with Crippen molar-refractivity contribution in [2.45, 2.75) is 20.4 Å². The average Bonchev–Trinajstić information content (AvgIpc) is 2.62. The van der Waals surface area contributed by atoms with E-state index in [9.17, 15) is 0 Å². The second-order valence-corrected chi connectivity index (χ2v) is 4.33. The van der Waals surface area contributed by atoms with Crippen molar-refractivity contribution in [3.8, 4) is 0 Å². The Labute approximate surface area is 113 Å². The molecule has 1 rings (SSSR count). The van der Waals surface area contributed by atoms with Crippen LogP contribution < -0.4 is 10.7 Å². The molecule has 0 amide bonds. The van der Waals surface area contributed by atoms with Gasteiger partial charge < -0.3 is 14.6 Å². The highest BCUT2D eigenvalue weighted by molar-refractivity contribution is 7.80. The molecule has 6 heteroatoms. The van der Waals surface area contributed by atoms with Crippen LogP contribution in [0, 0.1) is 13.8 Å². The van der Waals surface area contributed by atoms with Gasteiger partial charge in [-0.15, -0.1) is 0 Å². The van der Waals surface area contributed by atoms with Crippen LogP contribution in [0.1, 0.15) is 17.0 Å². The molecule has 0 radical (unpaired) electrons. The minimum absolute atomic E-state index is 0.499. The summed E-state index contributed by atoms with van der Waals surface area (Å²) in [5, 5.41) is 7.38. The molecule has 1 heterocycles. The Morgan fingerprint density at radius 1 is 1.56 bits per heavy atom. The smallest absolute Gasteiger partial charge is 0.186 e. The molecular weight excluding hydrogens is 248 g/mol. The maximum atomic E-state index is 5.10. The molecule has 0 aromatic carbocycles. The van der Waals surface area contributed by atoms with Gasteiger partial charge in [-0.25, -0.2) is 0 Å². The number of ether oxygens (including phenoxy) is 1. The van der Waals surface area contributed by atoms with E-state index in [0.717, 1.165) is 12.1 Å². The van der Waals surface area contributed by atoms with Crippen molar-refractivity contribution in [2.24, 2.45) is 5.10 Å². The summed E-state index contributed by atoms with van der Waals surface area (Å²) < 4.78 is 7.31. The lowest BCUT2D eigenvalue weighted by molar-refractivity contribution is 0.186. The summed E-state index contributed by atoms with van der Waals surface area (Å²) in [6.07, 6.45) is 1.77. The molecule has 0 aliphatic rings. The van der Waals surface area contributed by atoms with E-state index < -0.39 is 0 Å². The number of aryl methyl sites for hydroxylation is 1. The third kappa shape index (κ3) is 3.82. The van der Waals surface area contributed by atoms with E-state index >= 15 is 0 Å². The highest BCUT2D eigenvalue weighted by Crippen LogP contribution is 2.12. The number of nitrogens with one attached hydrogen (secondary N) is 2. The fourth-order valence-corrected chi connectivity index (χ4v) is 1.75. The van der Waals surface area contributed by atoms with Crippen LogP contribution in [0.5, 0.6) is 0 Å². The second-order valence-electron chi connectivity index (χ2n) is 3.92. The average molecular weight is 268 g/mol. The Morgan fingerprint density at radius 3 is 2.89 bits per heavy atom. The van der Waals surface area contributed by atoms with Gasteiger partial charge in [0.1, 0.15) is 0 Å². The fraction of sp³-hybridized carbons (Fsp3) is 0.500. The largest absolute Gasteiger partial charge is 0.383 e. The van der Waals surface area contributed by atoms with Crippen LogP contribution >= 0.6 is 12.2 Å². The normalized spacial score (nSPS) is 10.9. The number of hydrogen-bond donors (Lipinski definition) is 2. The van der Waals surface area contributed by atoms with Gasteiger partial charge in [0.25, 0.3) is 0 Å². The molecule has 1 aromatic heterocycles. The van der Waals surface area contributed by atoms with Crippen molar-refractivity contribution in [2.75, 3.05) is 20.8 Å². The van der Waals surface area contributed by atoms with Crippen LogP contribution in [-0.4, -0.2) is 36.7 Å². The lowest BCUT2D eigenvalue weighted by Gasteiger charge is -2.08. The van der Waals surface area contributed by atoms with Crippen molar-refractivity contribution in [3.63, 3.8) is 0 Å². The molecule has 0 aliphatic heterocycles. The van der Waals surface area contributed by atoms with Gasteiger partial charge in [-0.1, -0.05) is 0 Å². The van der Waals surface area contributed by atoms with E-state index in [1.807, 2.05) is 0 Å². The monoisotopic (exact) mass is 268 g/mol. The molecular formula is C12H20N4OS. The van der Waals surface area contributed by atoms with Crippen molar-refractivity contribution in [1.82, 2.24) is 15.3 Å². The summed E-state index contributed by atoms with van der Waals surface area (Å²) in [6, 6.07) is 2.10. The van der Waals surface area contributed by atoms with Crippen LogP contribution in [0.2, 0.25) is 0 Å². The zero-order valence-corrected chi connectivity index (χ0v) is 12.1. The number of nitrogens with zero attached hydrogens (tertiary/aromatic N) is 2. The summed E-state index contributed by atoms with van der Waals surface area (Å²) in [5.41, 5.74) is 6.18. The van der Waals surface area contributed by atoms with Crippen LogP contribution in [0.15, 0.2) is 11.2 Å². The molecule has 0 unspecified atom stereocenters. The molecule has 18 heavy (non-hydrogen) atoms. The molecule has 0 fully saturated rings. The SMILES string of the molecule is CNC(=S)N/N=C\c1cc(C)n(CCOC)c1C. The van der Waals surface area contributed by atoms with Crippen molar-refractivity contribution in [3.05, 3.63) is 23.0 Å². The predicted octanol–water partition coefficient (Wildman–Crippen LogP) is 1.18. The highest BCUT2D eigenvalue weighted by atomic mass is 32.1. The molecule has 100 valence electrons. The third-order valence-corrected chi connectivity index (χ3v) is 3.02. The van der Waals surface area contributed by atoms with Gasteiger partial charge in [-0.05, 0) is 32.1 Å². The summed E-state index contributed by atoms with van der Waals surface area (Å²) in [6.45, 7) is 5.70. The molecule has 0 bridgehead atoms. The molecule has 2 N–H and O–H groups in total. The minimum Gasteiger partial charge on any atom is -0.383 e. The first-order valence-electron chi connectivity index (χ1n) is 5.76.